The van der Waals surface area contributed by atoms with Crippen LogP contribution < -0.4 is 5.32 Å². The highest BCUT2D eigenvalue weighted by molar-refractivity contribution is 4.81. The van der Waals surface area contributed by atoms with Crippen LogP contribution in [-0.4, -0.2) is 44.4 Å². The van der Waals surface area contributed by atoms with Crippen molar-refractivity contribution >= 4 is 0 Å². The predicted octanol–water partition coefficient (Wildman–Crippen LogP) is 1.43. The molecule has 0 spiro atoms. The van der Waals surface area contributed by atoms with Gasteiger partial charge in [-0.05, 0) is 13.3 Å². The van der Waals surface area contributed by atoms with Crippen molar-refractivity contribution < 1.29 is 18.3 Å². The normalized spacial score (nSPS) is 28.0. The minimum absolute atomic E-state index is 0.0391. The van der Waals surface area contributed by atoms with E-state index < -0.39 is 25.2 Å². The van der Waals surface area contributed by atoms with E-state index in [4.69, 9.17) is 9.47 Å². The molecule has 0 saturated carbocycles. The Morgan fingerprint density at radius 1 is 1.47 bits per heavy atom. The number of nitrogens with one attached hydrogen (secondary N) is 1. The Balaban J connectivity index is 2.56. The standard InChI is InChI=1S/C10H19F2NO2/c1-3-10(6-11,7-12)15-9-8(2)13-4-5-14-9/h8-9,13H,3-7H2,1-2H3. The number of hydrogen-bond donors (Lipinski definition) is 1. The van der Waals surface area contributed by atoms with Crippen LogP contribution in [0.1, 0.15) is 20.3 Å². The number of alkyl halides is 2. The number of morpholine rings is 1. The van der Waals surface area contributed by atoms with Crippen molar-refractivity contribution in [2.24, 2.45) is 0 Å². The van der Waals surface area contributed by atoms with Crippen molar-refractivity contribution in [2.75, 3.05) is 26.5 Å². The predicted molar refractivity (Wildman–Crippen MR) is 53.3 cm³/mol. The minimum Gasteiger partial charge on any atom is -0.350 e. The molecule has 0 aromatic carbocycles. The third-order valence-corrected chi connectivity index (χ3v) is 2.76. The molecular weight excluding hydrogens is 204 g/mol. The van der Waals surface area contributed by atoms with Crippen molar-refractivity contribution in [1.82, 2.24) is 5.32 Å². The smallest absolute Gasteiger partial charge is 0.173 e. The van der Waals surface area contributed by atoms with E-state index in [1.54, 1.807) is 6.92 Å². The zero-order valence-electron chi connectivity index (χ0n) is 9.26. The van der Waals surface area contributed by atoms with Crippen LogP contribution in [0.25, 0.3) is 0 Å². The van der Waals surface area contributed by atoms with Gasteiger partial charge in [-0.3, -0.25) is 0 Å². The van der Waals surface area contributed by atoms with Crippen molar-refractivity contribution in [2.45, 2.75) is 38.2 Å². The summed E-state index contributed by atoms with van der Waals surface area (Å²) in [5.74, 6) is 0. The largest absolute Gasteiger partial charge is 0.350 e. The van der Waals surface area contributed by atoms with E-state index in [-0.39, 0.29) is 6.04 Å². The number of rotatable bonds is 5. The van der Waals surface area contributed by atoms with Crippen LogP contribution in [0, 0.1) is 0 Å². The molecule has 0 amide bonds. The molecule has 0 aromatic rings. The van der Waals surface area contributed by atoms with E-state index in [0.717, 1.165) is 6.54 Å². The molecular formula is C10H19F2NO2. The summed E-state index contributed by atoms with van der Waals surface area (Å²) in [6, 6.07) is -0.0391. The molecule has 1 aliphatic rings. The van der Waals surface area contributed by atoms with Crippen LogP contribution in [0.3, 0.4) is 0 Å². The van der Waals surface area contributed by atoms with Gasteiger partial charge >= 0.3 is 0 Å². The molecule has 2 unspecified atom stereocenters. The highest BCUT2D eigenvalue weighted by Crippen LogP contribution is 2.22. The summed E-state index contributed by atoms with van der Waals surface area (Å²) >= 11 is 0. The van der Waals surface area contributed by atoms with Gasteiger partial charge in [0.05, 0.1) is 12.6 Å². The first kappa shape index (κ1) is 12.8. The average molecular weight is 223 g/mol. The molecule has 5 heteroatoms. The van der Waals surface area contributed by atoms with Gasteiger partial charge in [0.25, 0.3) is 0 Å². The van der Waals surface area contributed by atoms with Gasteiger partial charge < -0.3 is 14.8 Å². The molecule has 1 saturated heterocycles. The van der Waals surface area contributed by atoms with Gasteiger partial charge in [-0.15, -0.1) is 0 Å². The highest BCUT2D eigenvalue weighted by Gasteiger charge is 2.36. The van der Waals surface area contributed by atoms with Crippen molar-refractivity contribution in [3.63, 3.8) is 0 Å². The number of halogens is 2. The monoisotopic (exact) mass is 223 g/mol. The van der Waals surface area contributed by atoms with Gasteiger partial charge in [0.1, 0.15) is 19.0 Å². The van der Waals surface area contributed by atoms with Gasteiger partial charge in [0.15, 0.2) is 6.29 Å². The van der Waals surface area contributed by atoms with Crippen molar-refractivity contribution in [3.05, 3.63) is 0 Å². The lowest BCUT2D eigenvalue weighted by Crippen LogP contribution is -2.53. The van der Waals surface area contributed by atoms with Gasteiger partial charge in [-0.25, -0.2) is 8.78 Å². The summed E-state index contributed by atoms with van der Waals surface area (Å²) in [5.41, 5.74) is -1.34. The maximum Gasteiger partial charge on any atom is 0.173 e. The molecule has 0 aromatic heterocycles. The summed E-state index contributed by atoms with van der Waals surface area (Å²) in [4.78, 5) is 0. The minimum atomic E-state index is -1.34. The second-order valence-corrected chi connectivity index (χ2v) is 3.90. The molecule has 15 heavy (non-hydrogen) atoms. The lowest BCUT2D eigenvalue weighted by atomic mass is 10.0. The maximum absolute atomic E-state index is 12.8. The fourth-order valence-corrected chi connectivity index (χ4v) is 1.46. The Morgan fingerprint density at radius 2 is 2.13 bits per heavy atom. The van der Waals surface area contributed by atoms with Crippen LogP contribution in [0.2, 0.25) is 0 Å². The summed E-state index contributed by atoms with van der Waals surface area (Å²) in [7, 11) is 0. The zero-order valence-corrected chi connectivity index (χ0v) is 9.26. The van der Waals surface area contributed by atoms with Gasteiger partial charge in [0.2, 0.25) is 0 Å². The third-order valence-electron chi connectivity index (χ3n) is 2.76. The molecule has 90 valence electrons. The second kappa shape index (κ2) is 5.72. The Morgan fingerprint density at radius 3 is 2.60 bits per heavy atom. The highest BCUT2D eigenvalue weighted by atomic mass is 19.1. The number of ether oxygens (including phenoxy) is 2. The lowest BCUT2D eigenvalue weighted by Gasteiger charge is -2.37. The Kier molecular flexibility index (Phi) is 4.89. The van der Waals surface area contributed by atoms with Crippen molar-refractivity contribution in [3.8, 4) is 0 Å². The first-order valence-electron chi connectivity index (χ1n) is 5.32. The molecule has 1 fully saturated rings. The van der Waals surface area contributed by atoms with Crippen molar-refractivity contribution in [1.29, 1.82) is 0 Å². The van der Waals surface area contributed by atoms with E-state index in [2.05, 4.69) is 5.32 Å². The fraction of sp³-hybridized carbons (Fsp3) is 1.00. The van der Waals surface area contributed by atoms with Gasteiger partial charge in [-0.1, -0.05) is 6.92 Å². The summed E-state index contributed by atoms with van der Waals surface area (Å²) in [6.45, 7) is 3.18. The molecule has 1 heterocycles. The molecule has 1 N–H and O–H groups in total. The third kappa shape index (κ3) is 3.09. The van der Waals surface area contributed by atoms with Crippen LogP contribution in [-0.2, 0) is 9.47 Å². The lowest BCUT2D eigenvalue weighted by molar-refractivity contribution is -0.241. The van der Waals surface area contributed by atoms with E-state index in [9.17, 15) is 8.78 Å². The Labute approximate surface area is 89.1 Å². The number of hydrogen-bond acceptors (Lipinski definition) is 3. The first-order chi connectivity index (χ1) is 7.17. The molecule has 1 rings (SSSR count). The summed E-state index contributed by atoms with van der Waals surface area (Å²) < 4.78 is 36.2. The van der Waals surface area contributed by atoms with Gasteiger partial charge in [0, 0.05) is 6.54 Å². The molecule has 0 bridgehead atoms. The van der Waals surface area contributed by atoms with E-state index in [1.807, 2.05) is 6.92 Å². The Bertz CT molecular complexity index is 180. The fourth-order valence-electron chi connectivity index (χ4n) is 1.46. The Hall–Kier alpha value is -0.260. The van der Waals surface area contributed by atoms with Crippen LogP contribution >= 0.6 is 0 Å². The zero-order chi connectivity index (χ0) is 11.3. The molecule has 2 atom stereocenters. The van der Waals surface area contributed by atoms with Crippen LogP contribution in [0.15, 0.2) is 0 Å². The van der Waals surface area contributed by atoms with E-state index >= 15 is 0 Å². The average Bonchev–Trinajstić information content (AvgIpc) is 2.29. The van der Waals surface area contributed by atoms with E-state index in [0.29, 0.717) is 13.0 Å². The molecule has 1 aliphatic heterocycles. The molecule has 0 radical (unpaired) electrons. The van der Waals surface area contributed by atoms with Crippen LogP contribution in [0.4, 0.5) is 8.78 Å². The molecule has 3 nitrogen and oxygen atoms in total. The summed E-state index contributed by atoms with van der Waals surface area (Å²) in [6.07, 6.45) is -0.266. The second-order valence-electron chi connectivity index (χ2n) is 3.90. The molecule has 0 aliphatic carbocycles. The van der Waals surface area contributed by atoms with E-state index in [1.165, 1.54) is 0 Å². The summed E-state index contributed by atoms with van der Waals surface area (Å²) in [5, 5.41) is 3.13. The first-order valence-corrected chi connectivity index (χ1v) is 5.32. The topological polar surface area (TPSA) is 30.5 Å². The van der Waals surface area contributed by atoms with Crippen LogP contribution in [0.5, 0.6) is 0 Å². The quantitative estimate of drug-likeness (QED) is 0.764. The maximum atomic E-state index is 12.8. The van der Waals surface area contributed by atoms with Gasteiger partial charge in [-0.2, -0.15) is 0 Å². The SMILES string of the molecule is CCC(CF)(CF)OC1OCCNC1C.